The molecular formula is C20H26N4S2. The number of nitrogens with one attached hydrogen (secondary N) is 1. The average molecular weight is 387 g/mol. The van der Waals surface area contributed by atoms with E-state index in [9.17, 15) is 0 Å². The van der Waals surface area contributed by atoms with E-state index >= 15 is 0 Å². The Balaban J connectivity index is 1.98. The van der Waals surface area contributed by atoms with Crippen molar-refractivity contribution >= 4 is 49.3 Å². The third-order valence-electron chi connectivity index (χ3n) is 4.95. The van der Waals surface area contributed by atoms with E-state index in [0.717, 1.165) is 51.8 Å². The molecule has 6 heteroatoms. The van der Waals surface area contributed by atoms with E-state index in [1.807, 2.05) is 6.26 Å². The maximum absolute atomic E-state index is 5.08. The van der Waals surface area contributed by atoms with Crippen molar-refractivity contribution in [2.75, 3.05) is 18.1 Å². The molecule has 0 aliphatic heterocycles. The molecule has 138 valence electrons. The highest BCUT2D eigenvalue weighted by Crippen LogP contribution is 2.42. The monoisotopic (exact) mass is 386 g/mol. The van der Waals surface area contributed by atoms with Crippen molar-refractivity contribution in [2.24, 2.45) is 5.92 Å². The number of hydrogen-bond donors (Lipinski definition) is 1. The lowest BCUT2D eigenvalue weighted by Crippen LogP contribution is -2.09. The Kier molecular flexibility index (Phi) is 5.06. The van der Waals surface area contributed by atoms with Crippen LogP contribution in [0.25, 0.3) is 20.4 Å². The smallest absolute Gasteiger partial charge is 0.189 e. The minimum Gasteiger partial charge on any atom is -0.368 e. The molecule has 1 aliphatic carbocycles. The molecule has 0 aromatic carbocycles. The number of hydrogen-bond acceptors (Lipinski definition) is 6. The van der Waals surface area contributed by atoms with Crippen LogP contribution in [0.4, 0.5) is 5.82 Å². The van der Waals surface area contributed by atoms with E-state index < -0.39 is 0 Å². The quantitative estimate of drug-likeness (QED) is 0.450. The lowest BCUT2D eigenvalue weighted by Gasteiger charge is -2.10. The van der Waals surface area contributed by atoms with Crippen LogP contribution in [0.1, 0.15) is 50.4 Å². The van der Waals surface area contributed by atoms with Crippen LogP contribution in [0.5, 0.6) is 0 Å². The van der Waals surface area contributed by atoms with Crippen LogP contribution < -0.4 is 5.32 Å². The Morgan fingerprint density at radius 2 is 1.96 bits per heavy atom. The van der Waals surface area contributed by atoms with Crippen molar-refractivity contribution in [3.05, 3.63) is 16.8 Å². The molecule has 26 heavy (non-hydrogen) atoms. The van der Waals surface area contributed by atoms with E-state index in [0.29, 0.717) is 5.92 Å². The fourth-order valence-corrected chi connectivity index (χ4v) is 5.27. The lowest BCUT2D eigenvalue weighted by molar-refractivity contribution is 0.686. The van der Waals surface area contributed by atoms with E-state index in [1.165, 1.54) is 35.0 Å². The summed E-state index contributed by atoms with van der Waals surface area (Å²) in [5.74, 6) is 1.55. The Morgan fingerprint density at radius 3 is 2.69 bits per heavy atom. The molecule has 3 heterocycles. The Labute approximate surface area is 163 Å². The first-order chi connectivity index (χ1) is 12.6. The van der Waals surface area contributed by atoms with Crippen molar-refractivity contribution in [2.45, 2.75) is 58.0 Å². The second-order valence-electron chi connectivity index (χ2n) is 7.41. The van der Waals surface area contributed by atoms with Gasteiger partial charge in [-0.15, -0.1) is 11.3 Å². The van der Waals surface area contributed by atoms with Crippen LogP contribution >= 0.6 is 23.1 Å². The molecular weight excluding hydrogens is 360 g/mol. The third kappa shape index (κ3) is 3.07. The van der Waals surface area contributed by atoms with E-state index in [-0.39, 0.29) is 0 Å². The molecule has 0 bridgehead atoms. The SMILES string of the molecule is CCCc1nc2sc3c(NCC(C)C)nc(SC)nc3c2c2c1CCC2. The number of anilines is 1. The van der Waals surface area contributed by atoms with Crippen molar-refractivity contribution in [3.63, 3.8) is 0 Å². The molecule has 0 saturated heterocycles. The van der Waals surface area contributed by atoms with Crippen LogP contribution in [0.2, 0.25) is 0 Å². The first-order valence-corrected chi connectivity index (χ1v) is 11.6. The van der Waals surface area contributed by atoms with Crippen LogP contribution in [0.15, 0.2) is 5.16 Å². The van der Waals surface area contributed by atoms with Crippen LogP contribution in [0.3, 0.4) is 0 Å². The maximum atomic E-state index is 5.08. The fourth-order valence-electron chi connectivity index (χ4n) is 3.78. The Hall–Kier alpha value is -1.40. The van der Waals surface area contributed by atoms with Gasteiger partial charge in [-0.25, -0.2) is 15.0 Å². The van der Waals surface area contributed by atoms with Crippen LogP contribution in [-0.4, -0.2) is 27.8 Å². The number of nitrogens with zero attached hydrogens (tertiary/aromatic N) is 3. The van der Waals surface area contributed by atoms with Gasteiger partial charge in [-0.1, -0.05) is 39.0 Å². The number of fused-ring (bicyclic) bond motifs is 5. The summed E-state index contributed by atoms with van der Waals surface area (Å²) < 4.78 is 1.16. The number of thiophene rings is 1. The zero-order chi connectivity index (χ0) is 18.3. The first kappa shape index (κ1) is 18.0. The lowest BCUT2D eigenvalue weighted by atomic mass is 10.0. The highest BCUT2D eigenvalue weighted by atomic mass is 32.2. The van der Waals surface area contributed by atoms with Crippen molar-refractivity contribution in [1.82, 2.24) is 15.0 Å². The minimum absolute atomic E-state index is 0.575. The average Bonchev–Trinajstić information content (AvgIpc) is 3.23. The van der Waals surface area contributed by atoms with Gasteiger partial charge in [0.05, 0.1) is 10.2 Å². The van der Waals surface area contributed by atoms with Gasteiger partial charge in [0.15, 0.2) is 5.16 Å². The Bertz CT molecular complexity index is 962. The summed E-state index contributed by atoms with van der Waals surface area (Å²) in [5.41, 5.74) is 5.42. The van der Waals surface area contributed by atoms with E-state index in [1.54, 1.807) is 23.1 Å². The zero-order valence-electron chi connectivity index (χ0n) is 16.0. The van der Waals surface area contributed by atoms with Gasteiger partial charge < -0.3 is 5.32 Å². The standard InChI is InChI=1S/C20H26N4S2/c1-5-7-14-12-8-6-9-13(12)15-16-17(26-19(15)22-14)18(21-10-11(2)3)24-20(23-16)25-4/h11H,5-10H2,1-4H3,(H,21,23,24). The van der Waals surface area contributed by atoms with Crippen LogP contribution in [0, 0.1) is 5.92 Å². The molecule has 0 saturated carbocycles. The number of aromatic nitrogens is 3. The van der Waals surface area contributed by atoms with Gasteiger partial charge in [0.1, 0.15) is 10.6 Å². The van der Waals surface area contributed by atoms with Crippen molar-refractivity contribution < 1.29 is 0 Å². The summed E-state index contributed by atoms with van der Waals surface area (Å²) in [6.45, 7) is 7.59. The first-order valence-electron chi connectivity index (χ1n) is 9.55. The van der Waals surface area contributed by atoms with Crippen molar-refractivity contribution in [1.29, 1.82) is 0 Å². The largest absolute Gasteiger partial charge is 0.368 e. The predicted octanol–water partition coefficient (Wildman–Crippen LogP) is 5.47. The molecule has 0 amide bonds. The molecule has 4 rings (SSSR count). The fraction of sp³-hybridized carbons (Fsp3) is 0.550. The van der Waals surface area contributed by atoms with Crippen LogP contribution in [-0.2, 0) is 19.3 Å². The molecule has 0 atom stereocenters. The van der Waals surface area contributed by atoms with Gasteiger partial charge in [0.2, 0.25) is 0 Å². The molecule has 0 radical (unpaired) electrons. The summed E-state index contributed by atoms with van der Waals surface area (Å²) in [7, 11) is 0. The van der Waals surface area contributed by atoms with E-state index in [4.69, 9.17) is 15.0 Å². The van der Waals surface area contributed by atoms with Gasteiger partial charge in [0, 0.05) is 17.6 Å². The molecule has 0 fully saturated rings. The number of aryl methyl sites for hydroxylation is 2. The minimum atomic E-state index is 0.575. The summed E-state index contributed by atoms with van der Waals surface area (Å²) in [6.07, 6.45) is 7.83. The van der Waals surface area contributed by atoms with Gasteiger partial charge >= 0.3 is 0 Å². The van der Waals surface area contributed by atoms with Gasteiger partial charge in [-0.05, 0) is 49.0 Å². The highest BCUT2D eigenvalue weighted by Gasteiger charge is 2.24. The highest BCUT2D eigenvalue weighted by molar-refractivity contribution is 7.98. The summed E-state index contributed by atoms with van der Waals surface area (Å²) in [6, 6.07) is 0. The molecule has 4 nitrogen and oxygen atoms in total. The maximum Gasteiger partial charge on any atom is 0.189 e. The number of rotatable bonds is 6. The zero-order valence-corrected chi connectivity index (χ0v) is 17.6. The molecule has 1 N–H and O–H groups in total. The van der Waals surface area contributed by atoms with Gasteiger partial charge in [-0.2, -0.15) is 0 Å². The Morgan fingerprint density at radius 1 is 1.15 bits per heavy atom. The predicted molar refractivity (Wildman–Crippen MR) is 114 cm³/mol. The topological polar surface area (TPSA) is 50.7 Å². The number of thioether (sulfide) groups is 1. The summed E-state index contributed by atoms with van der Waals surface area (Å²) >= 11 is 3.37. The molecule has 0 spiro atoms. The molecule has 3 aromatic heterocycles. The normalized spacial score (nSPS) is 13.9. The molecule has 0 unspecified atom stereocenters. The molecule has 3 aromatic rings. The molecule has 1 aliphatic rings. The van der Waals surface area contributed by atoms with E-state index in [2.05, 4.69) is 26.1 Å². The number of pyridine rings is 1. The third-order valence-corrected chi connectivity index (χ3v) is 6.57. The summed E-state index contributed by atoms with van der Waals surface area (Å²) in [5, 5.41) is 5.68. The van der Waals surface area contributed by atoms with Gasteiger partial charge in [-0.3, -0.25) is 0 Å². The van der Waals surface area contributed by atoms with Gasteiger partial charge in [0.25, 0.3) is 0 Å². The summed E-state index contributed by atoms with van der Waals surface area (Å²) in [4.78, 5) is 15.9. The second-order valence-corrected chi connectivity index (χ2v) is 9.19. The van der Waals surface area contributed by atoms with Crippen molar-refractivity contribution in [3.8, 4) is 0 Å². The second kappa shape index (κ2) is 7.31.